The number of halogens is 1. The third-order valence-corrected chi connectivity index (χ3v) is 6.59. The Morgan fingerprint density at radius 1 is 1.12 bits per heavy atom. The van der Waals surface area contributed by atoms with E-state index in [1.165, 1.54) is 35.0 Å². The van der Waals surface area contributed by atoms with Crippen molar-refractivity contribution >= 4 is 39.8 Å². The molecule has 0 spiro atoms. The molecule has 1 amide bonds. The van der Waals surface area contributed by atoms with Crippen LogP contribution in [-0.2, 0) is 11.8 Å². The number of rotatable bonds is 11. The monoisotopic (exact) mass is 575 g/mol. The Morgan fingerprint density at radius 2 is 1.88 bits per heavy atom. The molecule has 2 heterocycles. The van der Waals surface area contributed by atoms with Crippen molar-refractivity contribution in [2.24, 2.45) is 7.05 Å². The molecule has 42 heavy (non-hydrogen) atoms. The SMILES string of the molecule is C=CC(=O)Nc1cc(Nc2cc3c(cn2)nc(Oc2ccc(F)cc2C)c(=O)n3C)c(OC)cc1N(C)CCN(C)C. The molecular weight excluding hydrogens is 541 g/mol. The number of hydrogen-bond donors (Lipinski definition) is 2. The molecule has 0 aliphatic heterocycles. The lowest BCUT2D eigenvalue weighted by molar-refractivity contribution is -0.111. The maximum Gasteiger partial charge on any atom is 0.313 e. The largest absolute Gasteiger partial charge is 0.494 e. The zero-order chi connectivity index (χ0) is 30.6. The predicted molar refractivity (Wildman–Crippen MR) is 163 cm³/mol. The second-order valence-corrected chi connectivity index (χ2v) is 9.96. The Labute approximate surface area is 243 Å². The summed E-state index contributed by atoms with van der Waals surface area (Å²) in [5.74, 6) is 0.351. The van der Waals surface area contributed by atoms with Gasteiger partial charge in [0.15, 0.2) is 0 Å². The maximum atomic E-state index is 13.5. The van der Waals surface area contributed by atoms with E-state index in [9.17, 15) is 14.0 Å². The van der Waals surface area contributed by atoms with Gasteiger partial charge in [-0.05, 0) is 56.9 Å². The van der Waals surface area contributed by atoms with Crippen molar-refractivity contribution in [1.82, 2.24) is 19.4 Å². The first-order valence-electron chi connectivity index (χ1n) is 13.1. The van der Waals surface area contributed by atoms with Crippen LogP contribution >= 0.6 is 0 Å². The van der Waals surface area contributed by atoms with Crippen molar-refractivity contribution in [3.8, 4) is 17.4 Å². The predicted octanol–water partition coefficient (Wildman–Crippen LogP) is 4.44. The van der Waals surface area contributed by atoms with Crippen molar-refractivity contribution in [3.05, 3.63) is 77.0 Å². The average Bonchev–Trinajstić information content (AvgIpc) is 2.96. The molecule has 2 N–H and O–H groups in total. The van der Waals surface area contributed by atoms with Gasteiger partial charge in [-0.1, -0.05) is 6.58 Å². The number of hydrogen-bond acceptors (Lipinski definition) is 9. The molecule has 2 aromatic heterocycles. The summed E-state index contributed by atoms with van der Waals surface area (Å²) in [6.07, 6.45) is 2.71. The first-order valence-corrected chi connectivity index (χ1v) is 13.1. The summed E-state index contributed by atoms with van der Waals surface area (Å²) in [6.45, 7) is 6.75. The van der Waals surface area contributed by atoms with Gasteiger partial charge in [-0.15, -0.1) is 0 Å². The van der Waals surface area contributed by atoms with Gasteiger partial charge in [0.2, 0.25) is 5.91 Å². The summed E-state index contributed by atoms with van der Waals surface area (Å²) in [6, 6.07) is 9.28. The Bertz CT molecular complexity index is 1700. The number of aromatic nitrogens is 3. The number of carbonyl (C=O) groups excluding carboxylic acids is 1. The zero-order valence-corrected chi connectivity index (χ0v) is 24.5. The fraction of sp³-hybridized carbons (Fsp3) is 0.267. The van der Waals surface area contributed by atoms with E-state index >= 15 is 0 Å². The number of pyridine rings is 1. The number of benzene rings is 2. The molecule has 2 aromatic carbocycles. The quantitative estimate of drug-likeness (QED) is 0.251. The highest BCUT2D eigenvalue weighted by molar-refractivity contribution is 6.02. The van der Waals surface area contributed by atoms with Gasteiger partial charge in [-0.25, -0.2) is 14.4 Å². The number of ether oxygens (including phenoxy) is 2. The van der Waals surface area contributed by atoms with Gasteiger partial charge in [0.05, 0.1) is 35.9 Å². The van der Waals surface area contributed by atoms with Gasteiger partial charge < -0.3 is 34.5 Å². The van der Waals surface area contributed by atoms with Gasteiger partial charge in [-0.3, -0.25) is 9.59 Å². The molecule has 0 aliphatic carbocycles. The average molecular weight is 576 g/mol. The van der Waals surface area contributed by atoms with Crippen LogP contribution in [0.3, 0.4) is 0 Å². The van der Waals surface area contributed by atoms with Crippen LogP contribution in [0.4, 0.5) is 27.3 Å². The van der Waals surface area contributed by atoms with Gasteiger partial charge in [0.1, 0.15) is 28.7 Å². The fourth-order valence-corrected chi connectivity index (χ4v) is 4.21. The Hall–Kier alpha value is -4.97. The molecule has 0 saturated carbocycles. The Morgan fingerprint density at radius 3 is 2.55 bits per heavy atom. The molecular formula is C30H34FN7O4. The Kier molecular flexibility index (Phi) is 9.06. The topological polar surface area (TPSA) is 114 Å². The molecule has 0 fully saturated rings. The van der Waals surface area contributed by atoms with E-state index in [2.05, 4.69) is 32.1 Å². The van der Waals surface area contributed by atoms with E-state index in [0.29, 0.717) is 51.8 Å². The molecule has 220 valence electrons. The smallest absolute Gasteiger partial charge is 0.313 e. The summed E-state index contributed by atoms with van der Waals surface area (Å²) < 4.78 is 26.3. The number of amides is 1. The lowest BCUT2D eigenvalue weighted by Crippen LogP contribution is -2.29. The molecule has 4 rings (SSSR count). The van der Waals surface area contributed by atoms with E-state index in [1.54, 1.807) is 33.2 Å². The highest BCUT2D eigenvalue weighted by Gasteiger charge is 2.18. The van der Waals surface area contributed by atoms with E-state index < -0.39 is 11.4 Å². The minimum atomic E-state index is -0.472. The van der Waals surface area contributed by atoms with Crippen LogP contribution in [-0.4, -0.2) is 66.7 Å². The highest BCUT2D eigenvalue weighted by Crippen LogP contribution is 2.38. The second-order valence-electron chi connectivity index (χ2n) is 9.96. The number of aryl methyl sites for hydroxylation is 2. The maximum absolute atomic E-state index is 13.5. The van der Waals surface area contributed by atoms with Crippen molar-refractivity contribution in [3.63, 3.8) is 0 Å². The third-order valence-electron chi connectivity index (χ3n) is 6.59. The first-order chi connectivity index (χ1) is 20.0. The van der Waals surface area contributed by atoms with Crippen LogP contribution in [0.5, 0.6) is 17.4 Å². The minimum Gasteiger partial charge on any atom is -0.494 e. The Balaban J connectivity index is 1.70. The van der Waals surface area contributed by atoms with Crippen LogP contribution in [0.15, 0.2) is 60.0 Å². The van der Waals surface area contributed by atoms with Crippen LogP contribution in [0.2, 0.25) is 0 Å². The number of anilines is 4. The third kappa shape index (κ3) is 6.66. The lowest BCUT2D eigenvalue weighted by atomic mass is 10.2. The van der Waals surface area contributed by atoms with Crippen molar-refractivity contribution in [2.45, 2.75) is 6.92 Å². The molecule has 0 bridgehead atoms. The number of fused-ring (bicyclic) bond motifs is 1. The summed E-state index contributed by atoms with van der Waals surface area (Å²) in [5.41, 5.74) is 2.83. The highest BCUT2D eigenvalue weighted by atomic mass is 19.1. The molecule has 0 radical (unpaired) electrons. The fourth-order valence-electron chi connectivity index (χ4n) is 4.21. The van der Waals surface area contributed by atoms with Crippen LogP contribution in [0.25, 0.3) is 11.0 Å². The van der Waals surface area contributed by atoms with Crippen molar-refractivity contribution in [2.75, 3.05) is 56.9 Å². The normalized spacial score (nSPS) is 11.0. The molecule has 4 aromatic rings. The van der Waals surface area contributed by atoms with Gasteiger partial charge in [0.25, 0.3) is 5.88 Å². The van der Waals surface area contributed by atoms with Crippen molar-refractivity contribution in [1.29, 1.82) is 0 Å². The van der Waals surface area contributed by atoms with Gasteiger partial charge in [-0.2, -0.15) is 0 Å². The first kappa shape index (κ1) is 30.0. The molecule has 0 aliphatic rings. The molecule has 0 atom stereocenters. The van der Waals surface area contributed by atoms with E-state index in [-0.39, 0.29) is 11.8 Å². The summed E-state index contributed by atoms with van der Waals surface area (Å²) in [5, 5.41) is 6.09. The second kappa shape index (κ2) is 12.7. The van der Waals surface area contributed by atoms with Crippen molar-refractivity contribution < 1.29 is 18.7 Å². The molecule has 11 nitrogen and oxygen atoms in total. The number of nitrogens with zero attached hydrogens (tertiary/aromatic N) is 5. The summed E-state index contributed by atoms with van der Waals surface area (Å²) in [7, 11) is 9.07. The van der Waals surface area contributed by atoms with Crippen LogP contribution in [0.1, 0.15) is 5.56 Å². The summed E-state index contributed by atoms with van der Waals surface area (Å²) in [4.78, 5) is 38.3. The number of methoxy groups -OCH3 is 1. The van der Waals surface area contributed by atoms with Gasteiger partial charge in [0, 0.05) is 39.3 Å². The number of nitrogens with one attached hydrogen (secondary N) is 2. The number of likely N-dealkylation sites (N-methyl/N-ethyl adjacent to an activating group) is 2. The minimum absolute atomic E-state index is 0.152. The molecule has 0 saturated heterocycles. The van der Waals surface area contributed by atoms with Crippen LogP contribution in [0, 0.1) is 12.7 Å². The molecule has 0 unspecified atom stereocenters. The summed E-state index contributed by atoms with van der Waals surface area (Å²) >= 11 is 0. The van der Waals surface area contributed by atoms with Crippen LogP contribution < -0.4 is 30.6 Å². The van der Waals surface area contributed by atoms with E-state index in [0.717, 1.165) is 12.2 Å². The lowest BCUT2D eigenvalue weighted by Gasteiger charge is -2.26. The molecule has 12 heteroatoms. The van der Waals surface area contributed by atoms with E-state index in [4.69, 9.17) is 9.47 Å². The standard InChI is InChI=1S/C30H34FN7O4/c1-8-28(39)34-20-14-21(26(41-7)15-23(20)37(5)12-11-36(3)4)33-27-16-24-22(17-32-27)35-29(30(40)38(24)6)42-25-10-9-19(31)13-18(25)2/h8-10,13-17H,1,11-12H2,2-7H3,(H,32,33)(H,34,39). The van der Waals surface area contributed by atoms with E-state index in [1.807, 2.05) is 32.1 Å². The van der Waals surface area contributed by atoms with Gasteiger partial charge >= 0.3 is 5.56 Å². The number of carbonyl (C=O) groups is 1. The zero-order valence-electron chi connectivity index (χ0n) is 24.5.